The lowest BCUT2D eigenvalue weighted by Gasteiger charge is -2.08. The first kappa shape index (κ1) is 10.9. The molecule has 0 amide bonds. The van der Waals surface area contributed by atoms with Gasteiger partial charge in [0.05, 0.1) is 6.10 Å². The Bertz CT molecular complexity index is 469. The molecular weight excluding hydrogens is 196 g/mol. The molecule has 16 heavy (non-hydrogen) atoms. The first-order chi connectivity index (χ1) is 7.68. The van der Waals surface area contributed by atoms with Crippen LogP contribution in [0, 0.1) is 6.92 Å². The number of aliphatic hydroxyl groups is 1. The highest BCUT2D eigenvalue weighted by atomic mass is 16.3. The minimum Gasteiger partial charge on any atom is -0.389 e. The van der Waals surface area contributed by atoms with Gasteiger partial charge in [-0.05, 0) is 36.1 Å². The van der Waals surface area contributed by atoms with E-state index < -0.39 is 6.10 Å². The Morgan fingerprint density at radius 2 is 1.56 bits per heavy atom. The van der Waals surface area contributed by atoms with E-state index in [9.17, 15) is 5.11 Å². The van der Waals surface area contributed by atoms with Crippen molar-refractivity contribution in [2.75, 3.05) is 0 Å². The molecule has 0 saturated carbocycles. The van der Waals surface area contributed by atoms with Gasteiger partial charge < -0.3 is 5.11 Å². The van der Waals surface area contributed by atoms with Crippen LogP contribution in [0.3, 0.4) is 0 Å². The van der Waals surface area contributed by atoms with Gasteiger partial charge in [0.15, 0.2) is 0 Å². The molecule has 0 fully saturated rings. The molecule has 0 aromatic heterocycles. The zero-order valence-corrected chi connectivity index (χ0v) is 9.64. The molecule has 0 aliphatic rings. The molecule has 1 unspecified atom stereocenters. The van der Waals surface area contributed by atoms with E-state index in [0.29, 0.717) is 0 Å². The fraction of sp³-hybridized carbons (Fsp3) is 0.200. The Kier molecular flexibility index (Phi) is 3.07. The summed E-state index contributed by atoms with van der Waals surface area (Å²) in [5.41, 5.74) is 4.67. The van der Waals surface area contributed by atoms with Crippen LogP contribution < -0.4 is 0 Å². The standard InChI is InChI=1S/C15H16O/c1-11-5-3-4-6-15(11)14-9-7-13(8-10-14)12(2)16/h3-10,12,16H,1-2H3. The van der Waals surface area contributed by atoms with E-state index in [2.05, 4.69) is 31.2 Å². The maximum Gasteiger partial charge on any atom is 0.0761 e. The minimum absolute atomic E-state index is 0.397. The van der Waals surface area contributed by atoms with Gasteiger partial charge in [0, 0.05) is 0 Å². The van der Waals surface area contributed by atoms with E-state index in [4.69, 9.17) is 0 Å². The van der Waals surface area contributed by atoms with Crippen LogP contribution in [0.1, 0.15) is 24.2 Å². The molecule has 82 valence electrons. The quantitative estimate of drug-likeness (QED) is 0.804. The summed E-state index contributed by atoms with van der Waals surface area (Å²) in [6.45, 7) is 3.89. The van der Waals surface area contributed by atoms with Crippen LogP contribution in [0.2, 0.25) is 0 Å². The molecule has 2 aromatic carbocycles. The van der Waals surface area contributed by atoms with E-state index in [1.165, 1.54) is 16.7 Å². The van der Waals surface area contributed by atoms with E-state index in [1.807, 2.05) is 24.3 Å². The number of hydrogen-bond acceptors (Lipinski definition) is 1. The van der Waals surface area contributed by atoms with E-state index in [1.54, 1.807) is 6.92 Å². The fourth-order valence-electron chi connectivity index (χ4n) is 1.84. The average Bonchev–Trinajstić information content (AvgIpc) is 2.30. The van der Waals surface area contributed by atoms with Crippen molar-refractivity contribution in [3.05, 3.63) is 59.7 Å². The summed E-state index contributed by atoms with van der Waals surface area (Å²) in [4.78, 5) is 0. The molecule has 1 N–H and O–H groups in total. The lowest BCUT2D eigenvalue weighted by atomic mass is 9.99. The molecule has 2 rings (SSSR count). The fourth-order valence-corrected chi connectivity index (χ4v) is 1.84. The third-order valence-corrected chi connectivity index (χ3v) is 2.85. The molecule has 1 atom stereocenters. The molecular formula is C15H16O. The molecule has 0 heterocycles. The average molecular weight is 212 g/mol. The minimum atomic E-state index is -0.397. The van der Waals surface area contributed by atoms with Crippen LogP contribution in [-0.2, 0) is 0 Å². The number of aryl methyl sites for hydroxylation is 1. The summed E-state index contributed by atoms with van der Waals surface area (Å²) in [5, 5.41) is 9.44. The van der Waals surface area contributed by atoms with Gasteiger partial charge in [-0.2, -0.15) is 0 Å². The Morgan fingerprint density at radius 1 is 0.938 bits per heavy atom. The van der Waals surface area contributed by atoms with Crippen molar-refractivity contribution < 1.29 is 5.11 Å². The monoisotopic (exact) mass is 212 g/mol. The summed E-state index contributed by atoms with van der Waals surface area (Å²) in [6.07, 6.45) is -0.397. The Hall–Kier alpha value is -1.60. The first-order valence-electron chi connectivity index (χ1n) is 5.52. The third kappa shape index (κ3) is 2.15. The maximum absolute atomic E-state index is 9.44. The van der Waals surface area contributed by atoms with Crippen LogP contribution in [-0.4, -0.2) is 5.11 Å². The Morgan fingerprint density at radius 3 is 2.12 bits per heavy atom. The van der Waals surface area contributed by atoms with Crippen molar-refractivity contribution in [3.8, 4) is 11.1 Å². The smallest absolute Gasteiger partial charge is 0.0761 e. The predicted octanol–water partition coefficient (Wildman–Crippen LogP) is 3.72. The number of hydrogen-bond donors (Lipinski definition) is 1. The summed E-state index contributed by atoms with van der Waals surface area (Å²) < 4.78 is 0. The Balaban J connectivity index is 2.39. The molecule has 0 aliphatic carbocycles. The van der Waals surface area contributed by atoms with Gasteiger partial charge in [0.2, 0.25) is 0 Å². The summed E-state index contributed by atoms with van der Waals surface area (Å²) in [6, 6.07) is 16.4. The van der Waals surface area contributed by atoms with Crippen LogP contribution >= 0.6 is 0 Å². The van der Waals surface area contributed by atoms with Gasteiger partial charge in [-0.3, -0.25) is 0 Å². The highest BCUT2D eigenvalue weighted by Gasteiger charge is 2.03. The first-order valence-corrected chi connectivity index (χ1v) is 5.52. The SMILES string of the molecule is Cc1ccccc1-c1ccc(C(C)O)cc1. The van der Waals surface area contributed by atoms with Crippen molar-refractivity contribution in [2.45, 2.75) is 20.0 Å². The largest absolute Gasteiger partial charge is 0.389 e. The predicted molar refractivity (Wildman–Crippen MR) is 67.2 cm³/mol. The molecule has 0 spiro atoms. The van der Waals surface area contributed by atoms with E-state index in [-0.39, 0.29) is 0 Å². The molecule has 0 saturated heterocycles. The number of rotatable bonds is 2. The molecule has 1 nitrogen and oxygen atoms in total. The van der Waals surface area contributed by atoms with Crippen LogP contribution in [0.15, 0.2) is 48.5 Å². The van der Waals surface area contributed by atoms with Crippen molar-refractivity contribution in [2.24, 2.45) is 0 Å². The van der Waals surface area contributed by atoms with Gasteiger partial charge in [0.1, 0.15) is 0 Å². The zero-order chi connectivity index (χ0) is 11.5. The lowest BCUT2D eigenvalue weighted by Crippen LogP contribution is -1.90. The van der Waals surface area contributed by atoms with Gasteiger partial charge in [0.25, 0.3) is 0 Å². The number of aliphatic hydroxyl groups excluding tert-OH is 1. The Labute approximate surface area is 96.4 Å². The highest BCUT2D eigenvalue weighted by Crippen LogP contribution is 2.24. The van der Waals surface area contributed by atoms with E-state index >= 15 is 0 Å². The molecule has 2 aromatic rings. The molecule has 0 bridgehead atoms. The second-order valence-corrected chi connectivity index (χ2v) is 4.11. The van der Waals surface area contributed by atoms with Crippen LogP contribution in [0.4, 0.5) is 0 Å². The van der Waals surface area contributed by atoms with Crippen LogP contribution in [0.5, 0.6) is 0 Å². The van der Waals surface area contributed by atoms with Crippen LogP contribution in [0.25, 0.3) is 11.1 Å². The normalized spacial score (nSPS) is 12.4. The summed E-state index contributed by atoms with van der Waals surface area (Å²) in [5.74, 6) is 0. The second-order valence-electron chi connectivity index (χ2n) is 4.11. The van der Waals surface area contributed by atoms with Gasteiger partial charge in [-0.1, -0.05) is 48.5 Å². The van der Waals surface area contributed by atoms with Gasteiger partial charge in [-0.15, -0.1) is 0 Å². The molecule has 0 aliphatic heterocycles. The van der Waals surface area contributed by atoms with Crippen molar-refractivity contribution >= 4 is 0 Å². The van der Waals surface area contributed by atoms with Crippen molar-refractivity contribution in [1.82, 2.24) is 0 Å². The third-order valence-electron chi connectivity index (χ3n) is 2.85. The van der Waals surface area contributed by atoms with Crippen molar-refractivity contribution in [3.63, 3.8) is 0 Å². The summed E-state index contributed by atoms with van der Waals surface area (Å²) in [7, 11) is 0. The zero-order valence-electron chi connectivity index (χ0n) is 9.64. The van der Waals surface area contributed by atoms with Crippen molar-refractivity contribution in [1.29, 1.82) is 0 Å². The lowest BCUT2D eigenvalue weighted by molar-refractivity contribution is 0.199. The van der Waals surface area contributed by atoms with E-state index in [0.717, 1.165) is 5.56 Å². The topological polar surface area (TPSA) is 20.2 Å². The van der Waals surface area contributed by atoms with Gasteiger partial charge in [-0.25, -0.2) is 0 Å². The number of benzene rings is 2. The molecule has 1 heteroatoms. The second kappa shape index (κ2) is 4.50. The highest BCUT2D eigenvalue weighted by molar-refractivity contribution is 5.67. The molecule has 0 radical (unpaired) electrons. The maximum atomic E-state index is 9.44. The van der Waals surface area contributed by atoms with Gasteiger partial charge >= 0.3 is 0 Å². The summed E-state index contributed by atoms with van der Waals surface area (Å²) >= 11 is 0.